The van der Waals surface area contributed by atoms with Gasteiger partial charge in [0.1, 0.15) is 0 Å². The van der Waals surface area contributed by atoms with Crippen LogP contribution in [0, 0.1) is 17.8 Å². The number of hydrogen-bond donors (Lipinski definition) is 1. The summed E-state index contributed by atoms with van der Waals surface area (Å²) in [6.45, 7) is 1.01. The Labute approximate surface area is 189 Å². The number of fused-ring (bicyclic) bond motifs is 1. The van der Waals surface area contributed by atoms with E-state index >= 15 is 0 Å². The molecule has 5 nitrogen and oxygen atoms in total. The van der Waals surface area contributed by atoms with Crippen LogP contribution in [-0.4, -0.2) is 32.6 Å². The van der Waals surface area contributed by atoms with E-state index in [0.717, 1.165) is 37.4 Å². The highest BCUT2D eigenvalue weighted by Gasteiger charge is 2.38. The lowest BCUT2D eigenvalue weighted by Gasteiger charge is -2.34. The van der Waals surface area contributed by atoms with Gasteiger partial charge in [0, 0.05) is 19.3 Å². The van der Waals surface area contributed by atoms with Gasteiger partial charge >= 0.3 is 6.18 Å². The van der Waals surface area contributed by atoms with E-state index in [-0.39, 0.29) is 24.7 Å². The molecule has 0 spiro atoms. The van der Waals surface area contributed by atoms with Crippen LogP contribution in [0.2, 0.25) is 0 Å². The van der Waals surface area contributed by atoms with Crippen molar-refractivity contribution < 1.29 is 26.7 Å². The van der Waals surface area contributed by atoms with Crippen molar-refractivity contribution in [3.8, 4) is 0 Å². The minimum Gasteiger partial charge on any atom is -0.349 e. The normalized spacial score (nSPS) is 21.5. The average Bonchev–Trinajstić information content (AvgIpc) is 3.08. The van der Waals surface area contributed by atoms with Crippen LogP contribution in [0.5, 0.6) is 0 Å². The number of amides is 1. The van der Waals surface area contributed by atoms with E-state index in [4.69, 9.17) is 0 Å². The smallest absolute Gasteiger partial charge is 0.349 e. The van der Waals surface area contributed by atoms with Gasteiger partial charge in [-0.25, -0.2) is 18.3 Å². The van der Waals surface area contributed by atoms with E-state index in [1.807, 2.05) is 6.07 Å². The van der Waals surface area contributed by atoms with Gasteiger partial charge in [-0.05, 0) is 55.6 Å². The highest BCUT2D eigenvalue weighted by Crippen LogP contribution is 2.39. The van der Waals surface area contributed by atoms with Gasteiger partial charge in [-0.1, -0.05) is 13.3 Å². The Hall–Kier alpha value is -2.26. The molecule has 2 aromatic heterocycles. The number of alkyl halides is 5. The number of carbonyl (C=O) groups excluding carboxylic acids is 1. The zero-order valence-electron chi connectivity index (χ0n) is 18.5. The fourth-order valence-corrected chi connectivity index (χ4v) is 4.68. The predicted molar refractivity (Wildman–Crippen MR) is 112 cm³/mol. The highest BCUT2D eigenvalue weighted by atomic mass is 19.4. The van der Waals surface area contributed by atoms with Crippen molar-refractivity contribution in [2.45, 2.75) is 82.9 Å². The Balaban J connectivity index is 1.46. The molecule has 1 amide bonds. The maximum atomic E-state index is 13.4. The SMILES string of the molecule is CC(CC(=O)N[C@@H](c1cnn2cc(CC3CCC(F)(F)CC3)nc2c1)C1CCC1)C(F)(F)F. The van der Waals surface area contributed by atoms with Crippen molar-refractivity contribution in [1.29, 1.82) is 0 Å². The molecule has 1 N–H and O–H groups in total. The number of rotatable bonds is 7. The third kappa shape index (κ3) is 5.81. The first-order valence-electron chi connectivity index (χ1n) is 11.6. The summed E-state index contributed by atoms with van der Waals surface area (Å²) in [4.78, 5) is 17.0. The summed E-state index contributed by atoms with van der Waals surface area (Å²) in [5.41, 5.74) is 2.07. The Morgan fingerprint density at radius 2 is 1.94 bits per heavy atom. The van der Waals surface area contributed by atoms with Crippen LogP contribution in [0.15, 0.2) is 18.5 Å². The summed E-state index contributed by atoms with van der Waals surface area (Å²) in [5, 5.41) is 7.19. The van der Waals surface area contributed by atoms with E-state index in [0.29, 0.717) is 24.9 Å². The van der Waals surface area contributed by atoms with E-state index in [9.17, 15) is 26.7 Å². The van der Waals surface area contributed by atoms with E-state index in [2.05, 4.69) is 15.4 Å². The van der Waals surface area contributed by atoms with Crippen LogP contribution in [0.25, 0.3) is 5.65 Å². The Morgan fingerprint density at radius 3 is 2.55 bits per heavy atom. The molecule has 0 aliphatic heterocycles. The second-order valence-corrected chi connectivity index (χ2v) is 9.71. The minimum atomic E-state index is -4.41. The van der Waals surface area contributed by atoms with Crippen LogP contribution in [-0.2, 0) is 11.2 Å². The second-order valence-electron chi connectivity index (χ2n) is 9.71. The summed E-state index contributed by atoms with van der Waals surface area (Å²) >= 11 is 0. The Kier molecular flexibility index (Phi) is 6.64. The second kappa shape index (κ2) is 9.18. The number of aromatic nitrogens is 3. The molecular weight excluding hydrogens is 443 g/mol. The first-order chi connectivity index (χ1) is 15.5. The molecule has 182 valence electrons. The fraction of sp³-hybridized carbons (Fsp3) is 0.696. The van der Waals surface area contributed by atoms with Gasteiger partial charge in [-0.15, -0.1) is 0 Å². The zero-order chi connectivity index (χ0) is 23.8. The van der Waals surface area contributed by atoms with Gasteiger partial charge in [0.15, 0.2) is 5.65 Å². The molecule has 2 heterocycles. The van der Waals surface area contributed by atoms with Gasteiger partial charge in [0.05, 0.1) is 30.0 Å². The first-order valence-corrected chi connectivity index (χ1v) is 11.6. The van der Waals surface area contributed by atoms with Crippen LogP contribution in [0.4, 0.5) is 22.0 Å². The average molecular weight is 473 g/mol. The fourth-order valence-electron chi connectivity index (χ4n) is 4.68. The van der Waals surface area contributed by atoms with Gasteiger partial charge in [0.2, 0.25) is 11.8 Å². The lowest BCUT2D eigenvalue weighted by atomic mass is 9.77. The quantitative estimate of drug-likeness (QED) is 0.531. The first kappa shape index (κ1) is 23.9. The summed E-state index contributed by atoms with van der Waals surface area (Å²) in [6.07, 6.45) is 2.51. The van der Waals surface area contributed by atoms with Crippen molar-refractivity contribution in [2.24, 2.45) is 17.8 Å². The van der Waals surface area contributed by atoms with Crippen molar-refractivity contribution in [3.63, 3.8) is 0 Å². The number of nitrogens with one attached hydrogen (secondary N) is 1. The van der Waals surface area contributed by atoms with Crippen LogP contribution in [0.3, 0.4) is 0 Å². The summed E-state index contributed by atoms with van der Waals surface area (Å²) < 4.78 is 67.0. The van der Waals surface area contributed by atoms with Gasteiger partial charge in [-0.3, -0.25) is 4.79 Å². The Morgan fingerprint density at radius 1 is 1.24 bits per heavy atom. The molecule has 0 radical (unpaired) electrons. The largest absolute Gasteiger partial charge is 0.392 e. The minimum absolute atomic E-state index is 0.0941. The maximum absolute atomic E-state index is 13.4. The summed E-state index contributed by atoms with van der Waals surface area (Å²) in [6, 6.07) is 1.40. The summed E-state index contributed by atoms with van der Waals surface area (Å²) in [5.74, 6) is -4.60. The van der Waals surface area contributed by atoms with E-state index in [1.54, 1.807) is 16.9 Å². The van der Waals surface area contributed by atoms with Gasteiger partial charge < -0.3 is 5.32 Å². The lowest BCUT2D eigenvalue weighted by molar-refractivity contribution is -0.174. The zero-order valence-corrected chi connectivity index (χ0v) is 18.5. The number of carbonyl (C=O) groups is 1. The Bertz CT molecular complexity index is 975. The number of nitrogens with zero attached hydrogens (tertiary/aromatic N) is 3. The van der Waals surface area contributed by atoms with Crippen molar-refractivity contribution in [2.75, 3.05) is 0 Å². The van der Waals surface area contributed by atoms with E-state index in [1.165, 1.54) is 0 Å². The predicted octanol–water partition coefficient (Wildman–Crippen LogP) is 5.64. The molecule has 2 aromatic rings. The number of imidazole rings is 1. The highest BCUT2D eigenvalue weighted by molar-refractivity contribution is 5.76. The molecule has 0 bridgehead atoms. The van der Waals surface area contributed by atoms with Crippen molar-refractivity contribution in [1.82, 2.24) is 19.9 Å². The van der Waals surface area contributed by atoms with Gasteiger partial charge in [0.25, 0.3) is 0 Å². The standard InChI is InChI=1S/C23H29F5N4O/c1-14(23(26,27)28)9-20(33)31-21(16-3-2-4-16)17-11-19-30-18(13-32(19)29-12-17)10-15-5-7-22(24,25)8-6-15/h11-16,21H,2-10H2,1H3,(H,31,33)/t14?,21-/m1/s1. The third-order valence-electron chi connectivity index (χ3n) is 7.07. The number of halogens is 5. The molecule has 0 saturated heterocycles. The molecular formula is C23H29F5N4O. The topological polar surface area (TPSA) is 59.3 Å². The molecule has 10 heteroatoms. The lowest BCUT2D eigenvalue weighted by Crippen LogP contribution is -2.38. The molecule has 2 aliphatic rings. The molecule has 33 heavy (non-hydrogen) atoms. The van der Waals surface area contributed by atoms with E-state index < -0.39 is 36.4 Å². The summed E-state index contributed by atoms with van der Waals surface area (Å²) in [7, 11) is 0. The molecule has 2 fully saturated rings. The molecule has 1 unspecified atom stereocenters. The number of hydrogen-bond acceptors (Lipinski definition) is 3. The molecule has 2 saturated carbocycles. The monoisotopic (exact) mass is 472 g/mol. The third-order valence-corrected chi connectivity index (χ3v) is 7.07. The molecule has 0 aromatic carbocycles. The van der Waals surface area contributed by atoms with Crippen LogP contribution in [0.1, 0.15) is 75.6 Å². The van der Waals surface area contributed by atoms with Crippen molar-refractivity contribution >= 4 is 11.6 Å². The van der Waals surface area contributed by atoms with Gasteiger partial charge in [-0.2, -0.15) is 18.3 Å². The molecule has 4 rings (SSSR count). The maximum Gasteiger partial charge on any atom is 0.392 e. The van der Waals surface area contributed by atoms with Crippen LogP contribution >= 0.6 is 0 Å². The van der Waals surface area contributed by atoms with Crippen molar-refractivity contribution in [3.05, 3.63) is 29.7 Å². The molecule has 2 aliphatic carbocycles. The van der Waals surface area contributed by atoms with Crippen LogP contribution < -0.4 is 5.32 Å². The molecule has 2 atom stereocenters.